The summed E-state index contributed by atoms with van der Waals surface area (Å²) in [6.07, 6.45) is 2.04. The molecule has 1 aliphatic rings. The van der Waals surface area contributed by atoms with E-state index in [1.54, 1.807) is 13.2 Å². The molecular formula is C15H21ClN2O2. The van der Waals surface area contributed by atoms with Gasteiger partial charge >= 0.3 is 0 Å². The highest BCUT2D eigenvalue weighted by Gasteiger charge is 2.24. The second-order valence-electron chi connectivity index (χ2n) is 5.49. The fourth-order valence-corrected chi connectivity index (χ4v) is 2.63. The van der Waals surface area contributed by atoms with Gasteiger partial charge < -0.3 is 9.64 Å². The molecule has 1 aromatic heterocycles. The summed E-state index contributed by atoms with van der Waals surface area (Å²) in [6, 6.07) is 3.50. The van der Waals surface area contributed by atoms with Gasteiger partial charge in [-0.05, 0) is 30.9 Å². The number of pyridine rings is 1. The number of aromatic nitrogens is 1. The van der Waals surface area contributed by atoms with Crippen LogP contribution < -0.4 is 0 Å². The second-order valence-corrected chi connectivity index (χ2v) is 5.87. The van der Waals surface area contributed by atoms with E-state index in [1.165, 1.54) is 0 Å². The Morgan fingerprint density at radius 1 is 1.40 bits per heavy atom. The molecule has 20 heavy (non-hydrogen) atoms. The molecule has 1 aromatic rings. The van der Waals surface area contributed by atoms with Gasteiger partial charge in [-0.15, -0.1) is 0 Å². The smallest absolute Gasteiger partial charge is 0.254 e. The third-order valence-electron chi connectivity index (χ3n) is 3.71. The Balaban J connectivity index is 2.13. The van der Waals surface area contributed by atoms with Crippen molar-refractivity contribution in [2.75, 3.05) is 20.2 Å². The molecule has 0 atom stereocenters. The zero-order valence-electron chi connectivity index (χ0n) is 12.2. The molecule has 2 heterocycles. The van der Waals surface area contributed by atoms with Gasteiger partial charge in [0.15, 0.2) is 0 Å². The largest absolute Gasteiger partial charge is 0.381 e. The zero-order valence-corrected chi connectivity index (χ0v) is 13.0. The number of ether oxygens (including phenoxy) is 1. The average molecular weight is 297 g/mol. The number of rotatable bonds is 3. The highest BCUT2D eigenvalue weighted by Crippen LogP contribution is 2.21. The van der Waals surface area contributed by atoms with Crippen LogP contribution in [-0.2, 0) is 4.74 Å². The van der Waals surface area contributed by atoms with Crippen LogP contribution in [0.4, 0.5) is 0 Å². The molecule has 4 nitrogen and oxygen atoms in total. The van der Waals surface area contributed by atoms with Gasteiger partial charge in [-0.1, -0.05) is 25.4 Å². The van der Waals surface area contributed by atoms with Crippen molar-refractivity contribution in [3.8, 4) is 0 Å². The van der Waals surface area contributed by atoms with Gasteiger partial charge in [-0.2, -0.15) is 0 Å². The Bertz CT molecular complexity index is 483. The molecule has 2 rings (SSSR count). The maximum atomic E-state index is 12.5. The van der Waals surface area contributed by atoms with E-state index in [2.05, 4.69) is 4.98 Å². The minimum atomic E-state index is 0.0331. The predicted octanol–water partition coefficient (Wildman–Crippen LogP) is 3.11. The summed E-state index contributed by atoms with van der Waals surface area (Å²) >= 11 is 6.02. The summed E-state index contributed by atoms with van der Waals surface area (Å²) in [4.78, 5) is 18.6. The van der Waals surface area contributed by atoms with Crippen LogP contribution in [0.5, 0.6) is 0 Å². The van der Waals surface area contributed by atoms with Crippen molar-refractivity contribution in [2.24, 2.45) is 0 Å². The molecule has 0 aromatic carbocycles. The van der Waals surface area contributed by atoms with Crippen LogP contribution >= 0.6 is 11.6 Å². The van der Waals surface area contributed by atoms with E-state index < -0.39 is 0 Å². The van der Waals surface area contributed by atoms with E-state index in [4.69, 9.17) is 16.3 Å². The van der Waals surface area contributed by atoms with E-state index in [0.29, 0.717) is 10.7 Å². The number of amides is 1. The van der Waals surface area contributed by atoms with E-state index >= 15 is 0 Å². The zero-order chi connectivity index (χ0) is 14.7. The summed E-state index contributed by atoms with van der Waals surface area (Å²) in [5, 5.41) is 0.381. The lowest BCUT2D eigenvalue weighted by molar-refractivity contribution is 0.0350. The Morgan fingerprint density at radius 2 is 2.05 bits per heavy atom. The van der Waals surface area contributed by atoms with E-state index in [-0.39, 0.29) is 17.9 Å². The predicted molar refractivity (Wildman–Crippen MR) is 79.3 cm³/mol. The summed E-state index contributed by atoms with van der Waals surface area (Å²) in [5.41, 5.74) is 1.48. The first-order valence-corrected chi connectivity index (χ1v) is 7.38. The van der Waals surface area contributed by atoms with Crippen LogP contribution in [-0.4, -0.2) is 42.1 Å². The first-order chi connectivity index (χ1) is 9.51. The lowest BCUT2D eigenvalue weighted by Crippen LogP contribution is -2.40. The summed E-state index contributed by atoms with van der Waals surface area (Å²) in [5.74, 6) is 0.283. The Labute approximate surface area is 125 Å². The van der Waals surface area contributed by atoms with Crippen LogP contribution in [0.15, 0.2) is 12.1 Å². The molecule has 0 unspecified atom stereocenters. The highest BCUT2D eigenvalue weighted by molar-refractivity contribution is 6.29. The Kier molecular flexibility index (Phi) is 5.00. The number of piperidine rings is 1. The second kappa shape index (κ2) is 6.55. The first-order valence-electron chi connectivity index (χ1n) is 7.00. The monoisotopic (exact) mass is 296 g/mol. The molecule has 0 bridgehead atoms. The van der Waals surface area contributed by atoms with Crippen molar-refractivity contribution in [3.05, 3.63) is 28.5 Å². The van der Waals surface area contributed by atoms with Crippen LogP contribution in [0.3, 0.4) is 0 Å². The lowest BCUT2D eigenvalue weighted by atomic mass is 10.0. The van der Waals surface area contributed by atoms with Gasteiger partial charge in [0.2, 0.25) is 0 Å². The summed E-state index contributed by atoms with van der Waals surface area (Å²) in [6.45, 7) is 5.54. The number of likely N-dealkylation sites (tertiary alicyclic amines) is 1. The van der Waals surface area contributed by atoms with Crippen molar-refractivity contribution < 1.29 is 9.53 Å². The molecule has 5 heteroatoms. The van der Waals surface area contributed by atoms with E-state index in [9.17, 15) is 4.79 Å². The van der Waals surface area contributed by atoms with E-state index in [0.717, 1.165) is 31.6 Å². The quantitative estimate of drug-likeness (QED) is 0.805. The highest BCUT2D eigenvalue weighted by atomic mass is 35.5. The van der Waals surface area contributed by atoms with Crippen LogP contribution in [0, 0.1) is 0 Å². The number of halogens is 1. The topological polar surface area (TPSA) is 42.4 Å². The molecule has 0 saturated carbocycles. The molecule has 1 saturated heterocycles. The summed E-state index contributed by atoms with van der Waals surface area (Å²) in [7, 11) is 1.72. The maximum absolute atomic E-state index is 12.5. The first kappa shape index (κ1) is 15.3. The average Bonchev–Trinajstić information content (AvgIpc) is 2.46. The number of methoxy groups -OCH3 is 1. The van der Waals surface area contributed by atoms with Gasteiger partial charge in [-0.25, -0.2) is 4.98 Å². The van der Waals surface area contributed by atoms with Crippen LogP contribution in [0.2, 0.25) is 5.15 Å². The molecule has 1 aliphatic heterocycles. The van der Waals surface area contributed by atoms with Gasteiger partial charge in [0.1, 0.15) is 5.15 Å². The van der Waals surface area contributed by atoms with Gasteiger partial charge in [0.25, 0.3) is 5.91 Å². The third kappa shape index (κ3) is 3.49. The number of hydrogen-bond donors (Lipinski definition) is 0. The Morgan fingerprint density at radius 3 is 2.60 bits per heavy atom. The normalized spacial score (nSPS) is 16.8. The molecule has 110 valence electrons. The molecule has 1 fully saturated rings. The van der Waals surface area contributed by atoms with Gasteiger partial charge in [-0.3, -0.25) is 4.79 Å². The van der Waals surface area contributed by atoms with Crippen molar-refractivity contribution in [3.63, 3.8) is 0 Å². The SMILES string of the molecule is COC1CCN(C(=O)c2cc(Cl)nc(C(C)C)c2)CC1. The minimum Gasteiger partial charge on any atom is -0.381 e. The third-order valence-corrected chi connectivity index (χ3v) is 3.91. The number of carbonyl (C=O) groups is 1. The van der Waals surface area contributed by atoms with Gasteiger partial charge in [0.05, 0.1) is 6.10 Å². The van der Waals surface area contributed by atoms with Crippen molar-refractivity contribution in [1.82, 2.24) is 9.88 Å². The van der Waals surface area contributed by atoms with Crippen LogP contribution in [0.1, 0.15) is 48.7 Å². The summed E-state index contributed by atoms with van der Waals surface area (Å²) < 4.78 is 5.33. The molecule has 0 N–H and O–H groups in total. The fraction of sp³-hybridized carbons (Fsp3) is 0.600. The molecule has 1 amide bonds. The number of nitrogens with zero attached hydrogens (tertiary/aromatic N) is 2. The van der Waals surface area contributed by atoms with Crippen molar-refractivity contribution in [1.29, 1.82) is 0 Å². The van der Waals surface area contributed by atoms with Gasteiger partial charge in [0, 0.05) is 31.5 Å². The Hall–Kier alpha value is -1.13. The standard InChI is InChI=1S/C15H21ClN2O2/c1-10(2)13-8-11(9-14(16)17-13)15(19)18-6-4-12(20-3)5-7-18/h8-10,12H,4-7H2,1-3H3. The fourth-order valence-electron chi connectivity index (χ4n) is 2.41. The van der Waals surface area contributed by atoms with Crippen LogP contribution in [0.25, 0.3) is 0 Å². The number of hydrogen-bond acceptors (Lipinski definition) is 3. The van der Waals surface area contributed by atoms with Crippen molar-refractivity contribution >= 4 is 17.5 Å². The number of carbonyl (C=O) groups excluding carboxylic acids is 1. The molecule has 0 spiro atoms. The molecule has 0 aliphatic carbocycles. The van der Waals surface area contributed by atoms with E-state index in [1.807, 2.05) is 24.8 Å². The minimum absolute atomic E-state index is 0.0331. The van der Waals surface area contributed by atoms with Crippen molar-refractivity contribution in [2.45, 2.75) is 38.7 Å². The molecular weight excluding hydrogens is 276 g/mol. The maximum Gasteiger partial charge on any atom is 0.254 e. The molecule has 0 radical (unpaired) electrons. The lowest BCUT2D eigenvalue weighted by Gasteiger charge is -2.31.